The minimum absolute atomic E-state index is 0.00763. The molecule has 228 valence electrons. The Morgan fingerprint density at radius 3 is 2.14 bits per heavy atom. The van der Waals surface area contributed by atoms with Gasteiger partial charge in [0.05, 0.1) is 16.9 Å². The Bertz CT molecular complexity index is 1530. The molecule has 0 radical (unpaired) electrons. The summed E-state index contributed by atoms with van der Waals surface area (Å²) in [6.07, 6.45) is 6.08. The molecule has 1 N–H and O–H groups in total. The Balaban J connectivity index is 1.74. The highest BCUT2D eigenvalue weighted by Crippen LogP contribution is 2.28. The van der Waals surface area contributed by atoms with Gasteiger partial charge in [0.2, 0.25) is 21.8 Å². The molecule has 0 spiro atoms. The van der Waals surface area contributed by atoms with Gasteiger partial charge in [0.25, 0.3) is 5.69 Å². The standard InChI is InChI=1S/C32H38N4O6S/c1-24-18-19-28(36(39)40)21-29(24)35(43(2,41)42)23-31(37)34(22-26-14-8-4-9-15-26)30(20-25-12-6-3-7-13-25)32(38)33-27-16-10-5-11-17-27/h3-4,6-9,12-15,18-19,21,27,30H,5,10-11,16-17,20,22-23H2,1-2H3,(H,33,38)/t30-/m0/s1. The maximum Gasteiger partial charge on any atom is 0.271 e. The topological polar surface area (TPSA) is 130 Å². The molecular weight excluding hydrogens is 568 g/mol. The van der Waals surface area contributed by atoms with Crippen LogP contribution < -0.4 is 9.62 Å². The lowest BCUT2D eigenvalue weighted by atomic mass is 9.94. The molecule has 43 heavy (non-hydrogen) atoms. The number of hydrogen-bond acceptors (Lipinski definition) is 6. The van der Waals surface area contributed by atoms with Gasteiger partial charge in [-0.1, -0.05) is 86.0 Å². The number of nitro groups is 1. The van der Waals surface area contributed by atoms with Crippen molar-refractivity contribution in [2.45, 2.75) is 64.1 Å². The maximum atomic E-state index is 14.2. The van der Waals surface area contributed by atoms with E-state index in [-0.39, 0.29) is 36.3 Å². The van der Waals surface area contributed by atoms with Crippen molar-refractivity contribution >= 4 is 33.2 Å². The largest absolute Gasteiger partial charge is 0.352 e. The van der Waals surface area contributed by atoms with E-state index in [0.29, 0.717) is 5.56 Å². The number of amides is 2. The van der Waals surface area contributed by atoms with Gasteiger partial charge in [0, 0.05) is 31.1 Å². The summed E-state index contributed by atoms with van der Waals surface area (Å²) in [6.45, 7) is 1.07. The minimum atomic E-state index is -4.05. The van der Waals surface area contributed by atoms with Crippen LogP contribution in [-0.2, 0) is 32.6 Å². The summed E-state index contributed by atoms with van der Waals surface area (Å²) in [6, 6.07) is 21.6. The number of sulfonamides is 1. The van der Waals surface area contributed by atoms with Gasteiger partial charge in [0.1, 0.15) is 12.6 Å². The van der Waals surface area contributed by atoms with Crippen LogP contribution in [0.1, 0.15) is 48.8 Å². The zero-order valence-electron chi connectivity index (χ0n) is 24.5. The van der Waals surface area contributed by atoms with Gasteiger partial charge in [-0.25, -0.2) is 8.42 Å². The fourth-order valence-corrected chi connectivity index (χ4v) is 6.35. The molecule has 2 amide bonds. The van der Waals surface area contributed by atoms with Crippen LogP contribution in [0.2, 0.25) is 0 Å². The first-order valence-corrected chi connectivity index (χ1v) is 16.3. The van der Waals surface area contributed by atoms with E-state index in [1.54, 1.807) is 6.92 Å². The Hall–Kier alpha value is -4.25. The molecule has 1 atom stereocenters. The maximum absolute atomic E-state index is 14.2. The molecule has 0 bridgehead atoms. The number of nitro benzene ring substituents is 1. The van der Waals surface area contributed by atoms with Gasteiger partial charge in [0.15, 0.2) is 0 Å². The van der Waals surface area contributed by atoms with Gasteiger partial charge in [-0.3, -0.25) is 24.0 Å². The van der Waals surface area contributed by atoms with Crippen molar-refractivity contribution in [3.63, 3.8) is 0 Å². The molecule has 0 saturated heterocycles. The summed E-state index contributed by atoms with van der Waals surface area (Å²) < 4.78 is 27.0. The number of benzene rings is 3. The molecule has 11 heteroatoms. The molecule has 10 nitrogen and oxygen atoms in total. The molecule has 1 aliphatic carbocycles. The number of carbonyl (C=O) groups excluding carboxylic acids is 2. The fourth-order valence-electron chi connectivity index (χ4n) is 5.45. The molecule has 1 fully saturated rings. The summed E-state index contributed by atoms with van der Waals surface area (Å²) in [5, 5.41) is 14.7. The average molecular weight is 607 g/mol. The number of rotatable bonds is 12. The quantitative estimate of drug-likeness (QED) is 0.234. The van der Waals surface area contributed by atoms with Crippen molar-refractivity contribution in [1.82, 2.24) is 10.2 Å². The summed E-state index contributed by atoms with van der Waals surface area (Å²) >= 11 is 0. The van der Waals surface area contributed by atoms with E-state index >= 15 is 0 Å². The minimum Gasteiger partial charge on any atom is -0.352 e. The van der Waals surface area contributed by atoms with Crippen LogP contribution in [0, 0.1) is 17.0 Å². The molecule has 0 aromatic heterocycles. The number of carbonyl (C=O) groups is 2. The first kappa shape index (κ1) is 31.7. The first-order chi connectivity index (χ1) is 20.5. The molecule has 3 aromatic rings. The van der Waals surface area contributed by atoms with Crippen LogP contribution in [0.15, 0.2) is 78.9 Å². The Kier molecular flexibility index (Phi) is 10.5. The van der Waals surface area contributed by atoms with Crippen LogP contribution >= 0.6 is 0 Å². The van der Waals surface area contributed by atoms with Crippen molar-refractivity contribution < 1.29 is 22.9 Å². The average Bonchev–Trinajstić information content (AvgIpc) is 2.99. The predicted molar refractivity (Wildman–Crippen MR) is 166 cm³/mol. The van der Waals surface area contributed by atoms with Crippen LogP contribution in [0.3, 0.4) is 0 Å². The summed E-state index contributed by atoms with van der Waals surface area (Å²) in [4.78, 5) is 40.5. The third-order valence-corrected chi connectivity index (χ3v) is 8.90. The van der Waals surface area contributed by atoms with Crippen molar-refractivity contribution in [2.24, 2.45) is 0 Å². The van der Waals surface area contributed by atoms with Crippen molar-refractivity contribution in [1.29, 1.82) is 0 Å². The Morgan fingerprint density at radius 2 is 1.56 bits per heavy atom. The van der Waals surface area contributed by atoms with E-state index in [2.05, 4.69) is 5.32 Å². The van der Waals surface area contributed by atoms with Gasteiger partial charge in [-0.15, -0.1) is 0 Å². The van der Waals surface area contributed by atoms with Gasteiger partial charge >= 0.3 is 0 Å². The van der Waals surface area contributed by atoms with Crippen LogP contribution in [0.5, 0.6) is 0 Å². The molecule has 0 heterocycles. The van der Waals surface area contributed by atoms with E-state index in [9.17, 15) is 28.1 Å². The molecular formula is C32H38N4O6S. The SMILES string of the molecule is Cc1ccc([N+](=O)[O-])cc1N(CC(=O)N(Cc1ccccc1)[C@@H](Cc1ccccc1)C(=O)NC1CCCCC1)S(C)(=O)=O. The zero-order valence-corrected chi connectivity index (χ0v) is 25.3. The van der Waals surface area contributed by atoms with Crippen molar-refractivity contribution in [3.05, 3.63) is 106 Å². The number of nitrogens with one attached hydrogen (secondary N) is 1. The molecule has 1 aliphatic rings. The van der Waals surface area contributed by atoms with Crippen LogP contribution in [0.4, 0.5) is 11.4 Å². The Morgan fingerprint density at radius 1 is 0.953 bits per heavy atom. The molecule has 1 saturated carbocycles. The second kappa shape index (κ2) is 14.3. The third-order valence-electron chi connectivity index (χ3n) is 7.77. The van der Waals surface area contributed by atoms with E-state index in [1.165, 1.54) is 17.0 Å². The predicted octanol–water partition coefficient (Wildman–Crippen LogP) is 4.76. The van der Waals surface area contributed by atoms with Gasteiger partial charge in [-0.2, -0.15) is 0 Å². The first-order valence-electron chi connectivity index (χ1n) is 14.4. The zero-order chi connectivity index (χ0) is 31.0. The second-order valence-corrected chi connectivity index (χ2v) is 13.0. The lowest BCUT2D eigenvalue weighted by Gasteiger charge is -2.35. The summed E-state index contributed by atoms with van der Waals surface area (Å²) in [5.74, 6) is -0.891. The van der Waals surface area contributed by atoms with E-state index in [4.69, 9.17) is 0 Å². The normalized spacial score (nSPS) is 14.5. The van der Waals surface area contributed by atoms with Crippen molar-refractivity contribution in [2.75, 3.05) is 17.1 Å². The molecule has 0 unspecified atom stereocenters. The highest BCUT2D eigenvalue weighted by molar-refractivity contribution is 7.92. The lowest BCUT2D eigenvalue weighted by Crippen LogP contribution is -2.55. The number of nitrogens with zero attached hydrogens (tertiary/aromatic N) is 3. The van der Waals surface area contributed by atoms with E-state index in [0.717, 1.165) is 59.9 Å². The van der Waals surface area contributed by atoms with Gasteiger partial charge in [-0.05, 0) is 36.5 Å². The second-order valence-electron chi connectivity index (χ2n) is 11.1. The smallest absolute Gasteiger partial charge is 0.271 e. The summed E-state index contributed by atoms with van der Waals surface area (Å²) in [7, 11) is -4.05. The fraction of sp³-hybridized carbons (Fsp3) is 0.375. The third kappa shape index (κ3) is 8.63. The lowest BCUT2D eigenvalue weighted by molar-refractivity contribution is -0.384. The number of non-ortho nitro benzene ring substituents is 1. The number of anilines is 1. The number of aryl methyl sites for hydroxylation is 1. The Labute approximate surface area is 252 Å². The number of hydrogen-bond donors (Lipinski definition) is 1. The molecule has 4 rings (SSSR count). The summed E-state index contributed by atoms with van der Waals surface area (Å²) in [5.41, 5.74) is 1.82. The molecule has 3 aromatic carbocycles. The monoisotopic (exact) mass is 606 g/mol. The van der Waals surface area contributed by atoms with E-state index in [1.807, 2.05) is 60.7 Å². The molecule has 0 aliphatic heterocycles. The highest BCUT2D eigenvalue weighted by Gasteiger charge is 2.34. The highest BCUT2D eigenvalue weighted by atomic mass is 32.2. The van der Waals surface area contributed by atoms with E-state index < -0.39 is 33.4 Å². The van der Waals surface area contributed by atoms with Crippen LogP contribution in [-0.4, -0.2) is 54.9 Å². The van der Waals surface area contributed by atoms with Gasteiger partial charge < -0.3 is 10.2 Å². The van der Waals surface area contributed by atoms with Crippen LogP contribution in [0.25, 0.3) is 0 Å². The van der Waals surface area contributed by atoms with Crippen molar-refractivity contribution in [3.8, 4) is 0 Å².